The lowest BCUT2D eigenvalue weighted by atomic mass is 9.66. The number of hydrogen-bond acceptors (Lipinski definition) is 2. The maximum absolute atomic E-state index is 11.5. The van der Waals surface area contributed by atoms with E-state index in [2.05, 4.69) is 0 Å². The molecule has 74 valence electrons. The Kier molecular flexibility index (Phi) is 1.77. The molecule has 1 saturated carbocycles. The second-order valence-corrected chi connectivity index (χ2v) is 4.34. The van der Waals surface area contributed by atoms with Crippen molar-refractivity contribution in [2.24, 2.45) is 5.41 Å². The van der Waals surface area contributed by atoms with Crippen molar-refractivity contribution in [1.29, 1.82) is 0 Å². The largest absolute Gasteiger partial charge is 0.373 e. The highest BCUT2D eigenvalue weighted by molar-refractivity contribution is 5.75. The topological polar surface area (TPSA) is 43.8 Å². The van der Waals surface area contributed by atoms with Gasteiger partial charge in [0.1, 0.15) is 6.23 Å². The molecule has 13 heavy (non-hydrogen) atoms. The van der Waals surface area contributed by atoms with Crippen molar-refractivity contribution in [2.75, 3.05) is 20.6 Å². The molecule has 1 atom stereocenters. The second-order valence-electron chi connectivity index (χ2n) is 4.34. The first-order valence-corrected chi connectivity index (χ1v) is 4.73. The van der Waals surface area contributed by atoms with Gasteiger partial charge < -0.3 is 14.9 Å². The van der Waals surface area contributed by atoms with Crippen molar-refractivity contribution < 1.29 is 9.90 Å². The summed E-state index contributed by atoms with van der Waals surface area (Å²) in [7, 11) is 3.47. The van der Waals surface area contributed by atoms with Crippen LogP contribution in [-0.4, -0.2) is 47.8 Å². The standard InChI is InChI=1S/C9H16N2O2/c1-10-6-9(4-3-5-9)7(12)11(2)8(10)13/h7,12H,3-6H2,1-2H3. The molecule has 0 bridgehead atoms. The van der Waals surface area contributed by atoms with E-state index in [4.69, 9.17) is 0 Å². The summed E-state index contributed by atoms with van der Waals surface area (Å²) >= 11 is 0. The maximum Gasteiger partial charge on any atom is 0.321 e. The number of nitrogens with zero attached hydrogens (tertiary/aromatic N) is 2. The molecule has 1 unspecified atom stereocenters. The van der Waals surface area contributed by atoms with E-state index in [0.29, 0.717) is 6.54 Å². The molecule has 2 amide bonds. The number of aliphatic hydroxyl groups excluding tert-OH is 1. The molecule has 0 radical (unpaired) electrons. The summed E-state index contributed by atoms with van der Waals surface area (Å²) in [5, 5.41) is 9.91. The van der Waals surface area contributed by atoms with Crippen LogP contribution in [0, 0.1) is 5.41 Å². The van der Waals surface area contributed by atoms with Crippen molar-refractivity contribution in [2.45, 2.75) is 25.5 Å². The summed E-state index contributed by atoms with van der Waals surface area (Å²) in [4.78, 5) is 14.6. The molecule has 0 aromatic rings. The minimum absolute atomic E-state index is 0.0303. The molecule has 4 heteroatoms. The Balaban J connectivity index is 2.20. The van der Waals surface area contributed by atoms with Crippen LogP contribution >= 0.6 is 0 Å². The SMILES string of the molecule is CN1CC2(CCC2)C(O)N(C)C1=O. The van der Waals surface area contributed by atoms with Gasteiger partial charge in [-0.05, 0) is 12.8 Å². The van der Waals surface area contributed by atoms with Crippen LogP contribution < -0.4 is 0 Å². The van der Waals surface area contributed by atoms with Gasteiger partial charge in [0.2, 0.25) is 0 Å². The van der Waals surface area contributed by atoms with Crippen LogP contribution in [0.15, 0.2) is 0 Å². The van der Waals surface area contributed by atoms with Crippen molar-refractivity contribution in [3.8, 4) is 0 Å². The molecular weight excluding hydrogens is 168 g/mol. The lowest BCUT2D eigenvalue weighted by Gasteiger charge is -2.54. The van der Waals surface area contributed by atoms with Crippen LogP contribution in [0.5, 0.6) is 0 Å². The third kappa shape index (κ3) is 1.05. The van der Waals surface area contributed by atoms with Gasteiger partial charge in [0, 0.05) is 26.1 Å². The summed E-state index contributed by atoms with van der Waals surface area (Å²) < 4.78 is 0. The van der Waals surface area contributed by atoms with E-state index in [0.717, 1.165) is 12.8 Å². The maximum atomic E-state index is 11.5. The minimum atomic E-state index is -0.579. The third-order valence-electron chi connectivity index (χ3n) is 3.44. The van der Waals surface area contributed by atoms with Crippen LogP contribution in [-0.2, 0) is 0 Å². The summed E-state index contributed by atoms with van der Waals surface area (Å²) in [5.74, 6) is 0. The second kappa shape index (κ2) is 2.61. The summed E-state index contributed by atoms with van der Waals surface area (Å²) in [5.41, 5.74) is -0.0303. The number of carbonyl (C=O) groups is 1. The van der Waals surface area contributed by atoms with Crippen LogP contribution in [0.1, 0.15) is 19.3 Å². The molecule has 1 N–H and O–H groups in total. The average molecular weight is 184 g/mol. The Labute approximate surface area is 78.1 Å². The molecule has 1 heterocycles. The smallest absolute Gasteiger partial charge is 0.321 e. The first-order valence-electron chi connectivity index (χ1n) is 4.73. The molecular formula is C9H16N2O2. The molecule has 1 aliphatic heterocycles. The molecule has 0 aromatic carbocycles. The minimum Gasteiger partial charge on any atom is -0.373 e. The molecule has 1 saturated heterocycles. The van der Waals surface area contributed by atoms with Gasteiger partial charge in [-0.15, -0.1) is 0 Å². The fraction of sp³-hybridized carbons (Fsp3) is 0.889. The fourth-order valence-electron chi connectivity index (χ4n) is 2.45. The third-order valence-corrected chi connectivity index (χ3v) is 3.44. The quantitative estimate of drug-likeness (QED) is 0.595. The van der Waals surface area contributed by atoms with Gasteiger partial charge >= 0.3 is 6.03 Å². The van der Waals surface area contributed by atoms with E-state index in [1.54, 1.807) is 19.0 Å². The Morgan fingerprint density at radius 1 is 1.46 bits per heavy atom. The summed E-state index contributed by atoms with van der Waals surface area (Å²) in [6.07, 6.45) is 2.67. The molecule has 0 aromatic heterocycles. The lowest BCUT2D eigenvalue weighted by molar-refractivity contribution is -0.135. The van der Waals surface area contributed by atoms with Crippen LogP contribution in [0.25, 0.3) is 0 Å². The highest BCUT2D eigenvalue weighted by Crippen LogP contribution is 2.47. The van der Waals surface area contributed by atoms with Gasteiger partial charge in [-0.25, -0.2) is 4.79 Å². The first kappa shape index (κ1) is 8.81. The van der Waals surface area contributed by atoms with Crippen molar-refractivity contribution in [3.63, 3.8) is 0 Å². The van der Waals surface area contributed by atoms with Crippen LogP contribution in [0.3, 0.4) is 0 Å². The van der Waals surface area contributed by atoms with E-state index < -0.39 is 6.23 Å². The normalized spacial score (nSPS) is 32.2. The predicted octanol–water partition coefficient (Wildman–Crippen LogP) is 0.472. The molecule has 4 nitrogen and oxygen atoms in total. The van der Waals surface area contributed by atoms with E-state index in [1.165, 1.54) is 11.3 Å². The highest BCUT2D eigenvalue weighted by atomic mass is 16.3. The summed E-state index contributed by atoms with van der Waals surface area (Å²) in [6, 6.07) is -0.0787. The molecule has 2 rings (SSSR count). The van der Waals surface area contributed by atoms with E-state index >= 15 is 0 Å². The van der Waals surface area contributed by atoms with Crippen LogP contribution in [0.2, 0.25) is 0 Å². The van der Waals surface area contributed by atoms with Crippen molar-refractivity contribution in [1.82, 2.24) is 9.80 Å². The summed E-state index contributed by atoms with van der Waals surface area (Å²) in [6.45, 7) is 0.706. The van der Waals surface area contributed by atoms with E-state index in [1.807, 2.05) is 0 Å². The zero-order valence-corrected chi connectivity index (χ0v) is 8.16. The number of carbonyl (C=O) groups excluding carboxylic acids is 1. The number of hydrogen-bond donors (Lipinski definition) is 1. The van der Waals surface area contributed by atoms with Crippen molar-refractivity contribution in [3.05, 3.63) is 0 Å². The van der Waals surface area contributed by atoms with Gasteiger partial charge in [0.05, 0.1) is 0 Å². The Morgan fingerprint density at radius 3 is 2.54 bits per heavy atom. The fourth-order valence-corrected chi connectivity index (χ4v) is 2.45. The molecule has 1 spiro atoms. The lowest BCUT2D eigenvalue weighted by Crippen LogP contribution is -2.64. The average Bonchev–Trinajstić information content (AvgIpc) is 2.05. The Hall–Kier alpha value is -0.770. The number of rotatable bonds is 0. The number of aliphatic hydroxyl groups is 1. The van der Waals surface area contributed by atoms with Gasteiger partial charge in [0.15, 0.2) is 0 Å². The van der Waals surface area contributed by atoms with Gasteiger partial charge in [-0.3, -0.25) is 0 Å². The number of urea groups is 1. The first-order chi connectivity index (χ1) is 6.07. The zero-order valence-electron chi connectivity index (χ0n) is 8.16. The molecule has 2 aliphatic rings. The van der Waals surface area contributed by atoms with Crippen molar-refractivity contribution >= 4 is 6.03 Å². The Morgan fingerprint density at radius 2 is 2.08 bits per heavy atom. The molecule has 2 fully saturated rings. The van der Waals surface area contributed by atoms with Crippen LogP contribution in [0.4, 0.5) is 4.79 Å². The monoisotopic (exact) mass is 184 g/mol. The predicted molar refractivity (Wildman–Crippen MR) is 48.1 cm³/mol. The Bertz CT molecular complexity index is 238. The van der Waals surface area contributed by atoms with E-state index in [9.17, 15) is 9.90 Å². The zero-order chi connectivity index (χ0) is 9.64. The number of amides is 2. The van der Waals surface area contributed by atoms with Gasteiger partial charge in [-0.1, -0.05) is 6.42 Å². The van der Waals surface area contributed by atoms with E-state index in [-0.39, 0.29) is 11.4 Å². The van der Waals surface area contributed by atoms with Gasteiger partial charge in [-0.2, -0.15) is 0 Å². The molecule has 1 aliphatic carbocycles. The highest BCUT2D eigenvalue weighted by Gasteiger charge is 2.51. The van der Waals surface area contributed by atoms with Gasteiger partial charge in [0.25, 0.3) is 0 Å².